The van der Waals surface area contributed by atoms with E-state index >= 15 is 0 Å². The van der Waals surface area contributed by atoms with Crippen LogP contribution >= 0.6 is 0 Å². The fourth-order valence-corrected chi connectivity index (χ4v) is 7.47. The van der Waals surface area contributed by atoms with Crippen LogP contribution in [0.15, 0.2) is 59.6 Å². The minimum absolute atomic E-state index is 0.133. The van der Waals surface area contributed by atoms with Gasteiger partial charge in [-0.15, -0.1) is 0 Å². The third kappa shape index (κ3) is 3.40. The van der Waals surface area contributed by atoms with E-state index in [1.54, 1.807) is 5.56 Å². The van der Waals surface area contributed by atoms with E-state index < -0.39 is 0 Å². The molecular weight excluding hydrogens is 406 g/mol. The average Bonchev–Trinajstić information content (AvgIpc) is 3.18. The number of aliphatic hydroxyl groups is 1. The van der Waals surface area contributed by atoms with E-state index in [0.29, 0.717) is 23.6 Å². The highest BCUT2D eigenvalue weighted by Crippen LogP contribution is 2.61. The first-order valence-corrected chi connectivity index (χ1v) is 12.5. The third-order valence-electron chi connectivity index (χ3n) is 9.21. The smallest absolute Gasteiger partial charge is 0.124 e. The summed E-state index contributed by atoms with van der Waals surface area (Å²) in [6.45, 7) is 2.61. The lowest BCUT2D eigenvalue weighted by atomic mass is 9.55. The highest BCUT2D eigenvalue weighted by molar-refractivity contribution is 5.93. The lowest BCUT2D eigenvalue weighted by Crippen LogP contribution is -2.43. The molecule has 2 fully saturated rings. The van der Waals surface area contributed by atoms with E-state index in [1.165, 1.54) is 31.2 Å². The number of nitrogens with zero attached hydrogens (tertiary/aromatic N) is 1. The van der Waals surface area contributed by atoms with Crippen LogP contribution in [0.25, 0.3) is 10.8 Å². The van der Waals surface area contributed by atoms with E-state index in [1.807, 2.05) is 30.5 Å². The molecule has 0 bridgehead atoms. The molecule has 0 spiro atoms. The zero-order chi connectivity index (χ0) is 22.6. The largest absolute Gasteiger partial charge is 0.507 e. The van der Waals surface area contributed by atoms with Crippen molar-refractivity contribution >= 4 is 17.0 Å². The summed E-state index contributed by atoms with van der Waals surface area (Å²) in [7, 11) is 0. The van der Waals surface area contributed by atoms with Crippen molar-refractivity contribution in [2.75, 3.05) is 0 Å². The Bertz CT molecular complexity index is 1230. The Labute approximate surface area is 196 Å². The van der Waals surface area contributed by atoms with Crippen LogP contribution in [0.3, 0.4) is 0 Å². The van der Waals surface area contributed by atoms with Crippen molar-refractivity contribution in [1.82, 2.24) is 0 Å². The van der Waals surface area contributed by atoms with Gasteiger partial charge in [0.15, 0.2) is 0 Å². The Morgan fingerprint density at radius 2 is 1.82 bits per heavy atom. The SMILES string of the molecule is C[C@]12CCC3c4ccc(CO)cc4CCC3C1CC[C@@H]2/N=C/c1cc2ccccc2cc1O. The van der Waals surface area contributed by atoms with Gasteiger partial charge in [-0.25, -0.2) is 0 Å². The first-order chi connectivity index (χ1) is 16.1. The molecule has 2 saturated carbocycles. The molecule has 0 radical (unpaired) electrons. The predicted molar refractivity (Wildman–Crippen MR) is 134 cm³/mol. The van der Waals surface area contributed by atoms with Crippen molar-refractivity contribution in [2.24, 2.45) is 22.2 Å². The van der Waals surface area contributed by atoms with Gasteiger partial charge in [0.25, 0.3) is 0 Å². The van der Waals surface area contributed by atoms with Gasteiger partial charge in [-0.05, 0) is 101 Å². The van der Waals surface area contributed by atoms with E-state index in [-0.39, 0.29) is 12.0 Å². The Morgan fingerprint density at radius 1 is 1.00 bits per heavy atom. The molecule has 6 rings (SSSR count). The van der Waals surface area contributed by atoms with Gasteiger partial charge >= 0.3 is 0 Å². The summed E-state index contributed by atoms with van der Waals surface area (Å²) < 4.78 is 0. The van der Waals surface area contributed by atoms with Crippen molar-refractivity contribution in [3.63, 3.8) is 0 Å². The van der Waals surface area contributed by atoms with Gasteiger partial charge in [-0.1, -0.05) is 49.4 Å². The molecule has 3 aliphatic rings. The van der Waals surface area contributed by atoms with Crippen LogP contribution in [0.5, 0.6) is 5.75 Å². The summed E-state index contributed by atoms with van der Waals surface area (Å²) in [6.07, 6.45) is 9.17. The minimum atomic E-state index is 0.133. The fourth-order valence-electron chi connectivity index (χ4n) is 7.47. The summed E-state index contributed by atoms with van der Waals surface area (Å²) in [4.78, 5) is 5.11. The molecule has 170 valence electrons. The average molecular weight is 440 g/mol. The number of fused-ring (bicyclic) bond motifs is 6. The maximum absolute atomic E-state index is 10.6. The molecule has 3 aromatic carbocycles. The number of aliphatic hydroxyl groups excluding tert-OH is 1. The van der Waals surface area contributed by atoms with Gasteiger partial charge in [0, 0.05) is 11.8 Å². The zero-order valence-electron chi connectivity index (χ0n) is 19.4. The molecule has 0 aliphatic heterocycles. The molecule has 3 nitrogen and oxygen atoms in total. The van der Waals surface area contributed by atoms with Crippen LogP contribution in [-0.2, 0) is 13.0 Å². The maximum Gasteiger partial charge on any atom is 0.124 e. The van der Waals surface area contributed by atoms with Crippen LogP contribution in [0.1, 0.15) is 67.2 Å². The number of hydrogen-bond acceptors (Lipinski definition) is 3. The predicted octanol–water partition coefficient (Wildman–Crippen LogP) is 6.38. The van der Waals surface area contributed by atoms with Gasteiger partial charge in [0.2, 0.25) is 0 Å². The molecule has 0 heterocycles. The minimum Gasteiger partial charge on any atom is -0.507 e. The number of rotatable bonds is 3. The van der Waals surface area contributed by atoms with Gasteiger partial charge in [-0.3, -0.25) is 4.99 Å². The Morgan fingerprint density at radius 3 is 2.64 bits per heavy atom. The molecular formula is C30H33NO2. The van der Waals surface area contributed by atoms with Crippen molar-refractivity contribution < 1.29 is 10.2 Å². The second-order valence-corrected chi connectivity index (χ2v) is 10.8. The molecule has 3 aliphatic carbocycles. The number of phenolic OH excluding ortho intramolecular Hbond substituents is 1. The molecule has 3 unspecified atom stereocenters. The molecule has 2 N–H and O–H groups in total. The first-order valence-electron chi connectivity index (χ1n) is 12.5. The van der Waals surface area contributed by atoms with E-state index in [4.69, 9.17) is 4.99 Å². The Kier molecular flexibility index (Phi) is 5.06. The maximum atomic E-state index is 10.6. The molecule has 3 heteroatoms. The number of phenols is 1. The zero-order valence-corrected chi connectivity index (χ0v) is 19.4. The van der Waals surface area contributed by atoms with Crippen LogP contribution in [0, 0.1) is 17.3 Å². The summed E-state index contributed by atoms with van der Waals surface area (Å²) in [5, 5.41) is 22.3. The van der Waals surface area contributed by atoms with Crippen LogP contribution in [-0.4, -0.2) is 22.5 Å². The summed E-state index contributed by atoms with van der Waals surface area (Å²) >= 11 is 0. The second kappa shape index (κ2) is 7.99. The number of aliphatic imine (C=N–C) groups is 1. The van der Waals surface area contributed by atoms with Crippen LogP contribution in [0.2, 0.25) is 0 Å². The van der Waals surface area contributed by atoms with E-state index in [2.05, 4.69) is 37.3 Å². The number of hydrogen-bond donors (Lipinski definition) is 2. The van der Waals surface area contributed by atoms with Crippen molar-refractivity contribution in [3.8, 4) is 5.75 Å². The Hall–Kier alpha value is -2.65. The monoisotopic (exact) mass is 439 g/mol. The topological polar surface area (TPSA) is 52.8 Å². The van der Waals surface area contributed by atoms with Crippen molar-refractivity contribution in [2.45, 2.75) is 64.0 Å². The third-order valence-corrected chi connectivity index (χ3v) is 9.21. The van der Waals surface area contributed by atoms with E-state index in [0.717, 1.165) is 40.7 Å². The summed E-state index contributed by atoms with van der Waals surface area (Å²) in [6, 6.07) is 19.0. The highest BCUT2D eigenvalue weighted by Gasteiger charge is 2.54. The molecule has 33 heavy (non-hydrogen) atoms. The van der Waals surface area contributed by atoms with Gasteiger partial charge < -0.3 is 10.2 Å². The lowest BCUT2D eigenvalue weighted by Gasteiger charge is -2.50. The summed E-state index contributed by atoms with van der Waals surface area (Å²) in [5.41, 5.74) is 5.11. The Balaban J connectivity index is 1.25. The lowest BCUT2D eigenvalue weighted by molar-refractivity contribution is 0.0502. The second-order valence-electron chi connectivity index (χ2n) is 10.8. The quantitative estimate of drug-likeness (QED) is 0.465. The van der Waals surface area contributed by atoms with E-state index in [9.17, 15) is 10.2 Å². The molecule has 0 saturated heterocycles. The molecule has 0 aromatic heterocycles. The summed E-state index contributed by atoms with van der Waals surface area (Å²) in [5.74, 6) is 2.43. The highest BCUT2D eigenvalue weighted by atomic mass is 16.3. The standard InChI is InChI=1S/C30H33NO2/c1-30-13-12-25-24-8-6-19(18-32)14-22(24)7-9-26(25)27(30)10-11-29(30)31-17-23-15-20-4-2-3-5-21(20)16-28(23)33/h2-6,8,14-17,25-27,29,32-33H,7,9-13,18H2,1H3/b31-17+/t25?,26?,27?,29-,30-/m0/s1. The van der Waals surface area contributed by atoms with Crippen molar-refractivity contribution in [3.05, 3.63) is 76.9 Å². The van der Waals surface area contributed by atoms with Crippen LogP contribution < -0.4 is 0 Å². The molecule has 0 amide bonds. The van der Waals surface area contributed by atoms with Gasteiger partial charge in [-0.2, -0.15) is 0 Å². The number of aromatic hydroxyl groups is 1. The molecule has 3 aromatic rings. The van der Waals surface area contributed by atoms with Crippen molar-refractivity contribution in [1.29, 1.82) is 0 Å². The fraction of sp³-hybridized carbons (Fsp3) is 0.433. The first kappa shape index (κ1) is 20.9. The normalized spacial score (nSPS) is 30.8. The number of benzene rings is 3. The molecule has 5 atom stereocenters. The van der Waals surface area contributed by atoms with Crippen LogP contribution in [0.4, 0.5) is 0 Å². The van der Waals surface area contributed by atoms with Gasteiger partial charge in [0.05, 0.1) is 12.6 Å². The van der Waals surface area contributed by atoms with Gasteiger partial charge in [0.1, 0.15) is 5.75 Å². The number of aryl methyl sites for hydroxylation is 1.